The number of aromatic hydroxyl groups is 1. The third kappa shape index (κ3) is 2.68. The molecule has 0 spiro atoms. The number of amidine groups is 1. The minimum Gasteiger partial charge on any atom is -0.508 e. The van der Waals surface area contributed by atoms with Crippen molar-refractivity contribution < 1.29 is 9.90 Å². The molecule has 98 valence electrons. The Hall–Kier alpha value is -2.90. The number of urea groups is 1. The predicted octanol–water partition coefficient (Wildman–Crippen LogP) is 0.864. The Bertz CT molecular complexity index is 607. The highest BCUT2D eigenvalue weighted by Gasteiger charge is 2.17. The molecule has 2 rings (SSSR count). The Morgan fingerprint density at radius 2 is 2.32 bits per heavy atom. The summed E-state index contributed by atoms with van der Waals surface area (Å²) in [5.41, 5.74) is 6.03. The average Bonchev–Trinajstić information content (AvgIpc) is 2.64. The van der Waals surface area contributed by atoms with Gasteiger partial charge in [0.15, 0.2) is 5.84 Å². The van der Waals surface area contributed by atoms with Crippen molar-refractivity contribution in [3.63, 3.8) is 0 Å². The number of hydrazone groups is 1. The summed E-state index contributed by atoms with van der Waals surface area (Å²) in [5, 5.41) is 24.7. The van der Waals surface area contributed by atoms with Gasteiger partial charge in [0.25, 0.3) is 0 Å². The second kappa shape index (κ2) is 4.77. The van der Waals surface area contributed by atoms with Crippen LogP contribution in [0.5, 0.6) is 5.75 Å². The normalized spacial score (nSPS) is 16.2. The van der Waals surface area contributed by atoms with Crippen LogP contribution in [0.25, 0.3) is 0 Å². The number of carbonyl (C=O) groups is 1. The number of aliphatic imine (C=N–C) groups is 1. The second-order valence-corrected chi connectivity index (χ2v) is 3.80. The van der Waals surface area contributed by atoms with Gasteiger partial charge in [-0.3, -0.25) is 5.41 Å². The van der Waals surface area contributed by atoms with Gasteiger partial charge in [-0.1, -0.05) is 0 Å². The van der Waals surface area contributed by atoms with Crippen LogP contribution in [0.15, 0.2) is 28.3 Å². The molecule has 1 aliphatic rings. The van der Waals surface area contributed by atoms with Gasteiger partial charge in [0, 0.05) is 13.1 Å². The van der Waals surface area contributed by atoms with E-state index in [2.05, 4.69) is 15.4 Å². The quantitative estimate of drug-likeness (QED) is 0.629. The van der Waals surface area contributed by atoms with Crippen LogP contribution in [0, 0.1) is 5.41 Å². The number of nitrogens with one attached hydrogen (secondary N) is 2. The van der Waals surface area contributed by atoms with E-state index < -0.39 is 6.03 Å². The van der Waals surface area contributed by atoms with Crippen molar-refractivity contribution in [1.29, 1.82) is 5.41 Å². The molecule has 8 nitrogen and oxygen atoms in total. The molecular weight excluding hydrogens is 248 g/mol. The molecule has 0 bridgehead atoms. The third-order valence-corrected chi connectivity index (χ3v) is 2.40. The van der Waals surface area contributed by atoms with Crippen LogP contribution in [0.3, 0.4) is 0 Å². The Morgan fingerprint density at radius 1 is 1.58 bits per heavy atom. The highest BCUT2D eigenvalue weighted by Crippen LogP contribution is 2.29. The van der Waals surface area contributed by atoms with E-state index in [0.29, 0.717) is 11.4 Å². The van der Waals surface area contributed by atoms with Gasteiger partial charge in [0.05, 0.1) is 17.6 Å². The van der Waals surface area contributed by atoms with Gasteiger partial charge in [0.2, 0.25) is 0 Å². The molecule has 0 unspecified atom stereocenters. The van der Waals surface area contributed by atoms with Crippen molar-refractivity contribution in [3.05, 3.63) is 18.2 Å². The maximum Gasteiger partial charge on any atom is 0.316 e. The van der Waals surface area contributed by atoms with Crippen molar-refractivity contribution in [3.8, 4) is 5.75 Å². The molecule has 1 aromatic rings. The predicted molar refractivity (Wildman–Crippen MR) is 72.4 cm³/mol. The van der Waals surface area contributed by atoms with Crippen molar-refractivity contribution >= 4 is 35.2 Å². The van der Waals surface area contributed by atoms with Crippen LogP contribution >= 0.6 is 0 Å². The monoisotopic (exact) mass is 260 g/mol. The van der Waals surface area contributed by atoms with Crippen LogP contribution in [0.1, 0.15) is 0 Å². The maximum absolute atomic E-state index is 10.9. The molecule has 0 saturated heterocycles. The van der Waals surface area contributed by atoms with Gasteiger partial charge in [0.1, 0.15) is 11.5 Å². The summed E-state index contributed by atoms with van der Waals surface area (Å²) in [6, 6.07) is 3.49. The molecule has 0 aromatic heterocycles. The Morgan fingerprint density at radius 3 is 2.89 bits per heavy atom. The molecule has 0 aliphatic carbocycles. The molecule has 0 fully saturated rings. The van der Waals surface area contributed by atoms with Crippen LogP contribution in [0.4, 0.5) is 16.2 Å². The fourth-order valence-corrected chi connectivity index (χ4v) is 1.49. The summed E-state index contributed by atoms with van der Waals surface area (Å²) in [5.74, 6) is 0.109. The van der Waals surface area contributed by atoms with Gasteiger partial charge in [-0.2, -0.15) is 5.10 Å². The Balaban J connectivity index is 2.40. The zero-order valence-corrected chi connectivity index (χ0v) is 10.1. The number of benzene rings is 1. The van der Waals surface area contributed by atoms with Crippen molar-refractivity contribution in [2.75, 3.05) is 12.4 Å². The number of nitrogens with zero attached hydrogens (tertiary/aromatic N) is 3. The van der Waals surface area contributed by atoms with E-state index in [-0.39, 0.29) is 17.3 Å². The first kappa shape index (κ1) is 12.6. The first-order valence-corrected chi connectivity index (χ1v) is 5.32. The lowest BCUT2D eigenvalue weighted by molar-refractivity contribution is 0.259. The molecule has 19 heavy (non-hydrogen) atoms. The third-order valence-electron chi connectivity index (χ3n) is 2.40. The summed E-state index contributed by atoms with van der Waals surface area (Å²) in [6.07, 6.45) is 1.43. The number of phenolic OH excluding ortho intramolecular Hbond substituents is 1. The Kier molecular flexibility index (Phi) is 3.15. The lowest BCUT2D eigenvalue weighted by atomic mass is 10.2. The maximum atomic E-state index is 10.9. The summed E-state index contributed by atoms with van der Waals surface area (Å²) >= 11 is 0. The molecule has 1 aromatic carbocycles. The van der Waals surface area contributed by atoms with Gasteiger partial charge in [-0.25, -0.2) is 14.8 Å². The average molecular weight is 260 g/mol. The smallest absolute Gasteiger partial charge is 0.316 e. The summed E-state index contributed by atoms with van der Waals surface area (Å²) in [7, 11) is 1.63. The number of hydrogen-bond donors (Lipinski definition) is 4. The van der Waals surface area contributed by atoms with Crippen molar-refractivity contribution in [1.82, 2.24) is 5.01 Å². The number of carbonyl (C=O) groups excluding carboxylic acids is 1. The van der Waals surface area contributed by atoms with Crippen molar-refractivity contribution in [2.45, 2.75) is 0 Å². The molecule has 1 heterocycles. The number of rotatable bonds is 2. The zero-order valence-electron chi connectivity index (χ0n) is 10.1. The molecular formula is C11H12N6O2. The highest BCUT2D eigenvalue weighted by atomic mass is 16.3. The van der Waals surface area contributed by atoms with Crippen molar-refractivity contribution in [2.24, 2.45) is 15.8 Å². The Labute approximate surface area is 108 Å². The largest absolute Gasteiger partial charge is 0.508 e. The fraction of sp³-hybridized carbons (Fsp3) is 0.0909. The lowest BCUT2D eigenvalue weighted by Gasteiger charge is -2.08. The minimum atomic E-state index is -0.765. The summed E-state index contributed by atoms with van der Waals surface area (Å²) < 4.78 is 0. The van der Waals surface area contributed by atoms with Crippen LogP contribution in [0.2, 0.25) is 0 Å². The van der Waals surface area contributed by atoms with E-state index in [1.165, 1.54) is 29.4 Å². The van der Waals surface area contributed by atoms with E-state index in [1.807, 2.05) is 0 Å². The molecule has 0 atom stereocenters. The van der Waals surface area contributed by atoms with E-state index >= 15 is 0 Å². The first-order valence-electron chi connectivity index (χ1n) is 5.32. The molecule has 1 aliphatic heterocycles. The highest BCUT2D eigenvalue weighted by molar-refractivity contribution is 6.63. The molecule has 5 N–H and O–H groups in total. The van der Waals surface area contributed by atoms with E-state index in [0.717, 1.165) is 0 Å². The second-order valence-electron chi connectivity index (χ2n) is 3.80. The SMILES string of the molecule is CN1N=CC(=Nc2ccc(O)cc2NC(N)=O)C1=N. The lowest BCUT2D eigenvalue weighted by Crippen LogP contribution is -2.22. The summed E-state index contributed by atoms with van der Waals surface area (Å²) in [4.78, 5) is 15.1. The topological polar surface area (TPSA) is 127 Å². The van der Waals surface area contributed by atoms with Gasteiger partial charge < -0.3 is 16.2 Å². The van der Waals surface area contributed by atoms with Crippen LogP contribution < -0.4 is 11.1 Å². The number of primary amides is 1. The molecule has 0 saturated carbocycles. The van der Waals surface area contributed by atoms with Crippen LogP contribution in [-0.4, -0.2) is 41.0 Å². The molecule has 8 heteroatoms. The molecule has 2 amide bonds. The molecule has 0 radical (unpaired) electrons. The number of phenols is 1. The number of hydrogen-bond acceptors (Lipinski definition) is 5. The first-order chi connectivity index (χ1) is 8.97. The zero-order chi connectivity index (χ0) is 14.0. The fourth-order valence-electron chi connectivity index (χ4n) is 1.49. The van der Waals surface area contributed by atoms with E-state index in [4.69, 9.17) is 11.1 Å². The van der Waals surface area contributed by atoms with E-state index in [9.17, 15) is 9.90 Å². The number of amides is 2. The van der Waals surface area contributed by atoms with Crippen LogP contribution in [-0.2, 0) is 0 Å². The minimum absolute atomic E-state index is 0.0278. The number of nitrogens with two attached hydrogens (primary N) is 1. The number of anilines is 1. The van der Waals surface area contributed by atoms with E-state index in [1.54, 1.807) is 7.05 Å². The van der Waals surface area contributed by atoms with Gasteiger partial charge in [-0.15, -0.1) is 0 Å². The van der Waals surface area contributed by atoms with Gasteiger partial charge >= 0.3 is 6.03 Å². The van der Waals surface area contributed by atoms with Gasteiger partial charge in [-0.05, 0) is 12.1 Å². The standard InChI is InChI=1S/C11H12N6O2/c1-17-10(12)9(5-14-17)15-7-3-2-6(18)4-8(7)16-11(13)19/h2-5,12,18H,1H3,(H3,13,16,19). The summed E-state index contributed by atoms with van der Waals surface area (Å²) in [6.45, 7) is 0.